The van der Waals surface area contributed by atoms with Crippen molar-refractivity contribution < 1.29 is 0 Å². The molecular formula is C15H29N3S. The minimum atomic E-state index is 0.172. The highest BCUT2D eigenvalue weighted by Crippen LogP contribution is 2.25. The first-order valence-corrected chi connectivity index (χ1v) is 8.23. The van der Waals surface area contributed by atoms with Crippen LogP contribution in [0.25, 0.3) is 0 Å². The van der Waals surface area contributed by atoms with Crippen molar-refractivity contribution >= 4 is 11.3 Å². The quantitative estimate of drug-likeness (QED) is 0.742. The molecule has 1 heterocycles. The fraction of sp³-hybridized carbons (Fsp3) is 0.800. The lowest BCUT2D eigenvalue weighted by Crippen LogP contribution is -2.27. The van der Waals surface area contributed by atoms with Gasteiger partial charge in [-0.2, -0.15) is 0 Å². The summed E-state index contributed by atoms with van der Waals surface area (Å²) in [4.78, 5) is 7.15. The number of hydrogen-bond acceptors (Lipinski definition) is 4. The fourth-order valence-corrected chi connectivity index (χ4v) is 2.82. The third-order valence-corrected chi connectivity index (χ3v) is 4.54. The van der Waals surface area contributed by atoms with Gasteiger partial charge in [-0.1, -0.05) is 34.6 Å². The van der Waals surface area contributed by atoms with Gasteiger partial charge in [0.05, 0.1) is 10.7 Å². The number of hydrogen-bond donors (Lipinski definition) is 1. The lowest BCUT2D eigenvalue weighted by atomic mass is 9.98. The van der Waals surface area contributed by atoms with Crippen LogP contribution < -0.4 is 5.32 Å². The largest absolute Gasteiger partial charge is 0.311 e. The molecule has 0 saturated carbocycles. The molecule has 0 fully saturated rings. The second kappa shape index (κ2) is 7.98. The zero-order valence-electron chi connectivity index (χ0n) is 13.1. The predicted molar refractivity (Wildman–Crippen MR) is 84.9 cm³/mol. The third-order valence-electron chi connectivity index (χ3n) is 3.22. The lowest BCUT2D eigenvalue weighted by molar-refractivity contribution is 0.298. The Bertz CT molecular complexity index is 351. The Balaban J connectivity index is 2.21. The van der Waals surface area contributed by atoms with Crippen molar-refractivity contribution in [2.45, 2.75) is 53.0 Å². The minimum Gasteiger partial charge on any atom is -0.311 e. The summed E-state index contributed by atoms with van der Waals surface area (Å²) < 4.78 is 0. The summed E-state index contributed by atoms with van der Waals surface area (Å²) in [5.74, 6) is 0. The molecule has 0 unspecified atom stereocenters. The molecule has 0 aromatic carbocycles. The van der Waals surface area contributed by atoms with Gasteiger partial charge in [-0.3, -0.25) is 0 Å². The molecule has 1 N–H and O–H groups in total. The monoisotopic (exact) mass is 283 g/mol. The molecule has 1 aromatic heterocycles. The smallest absolute Gasteiger partial charge is 0.0982 e. The molecule has 3 nitrogen and oxygen atoms in total. The molecule has 110 valence electrons. The van der Waals surface area contributed by atoms with Gasteiger partial charge < -0.3 is 10.2 Å². The van der Waals surface area contributed by atoms with Gasteiger partial charge in [0.15, 0.2) is 0 Å². The maximum atomic E-state index is 4.69. The van der Waals surface area contributed by atoms with Crippen LogP contribution in [-0.4, -0.2) is 36.1 Å². The van der Waals surface area contributed by atoms with Crippen LogP contribution in [0.15, 0.2) is 5.38 Å². The van der Waals surface area contributed by atoms with Crippen molar-refractivity contribution in [1.82, 2.24) is 15.2 Å². The summed E-state index contributed by atoms with van der Waals surface area (Å²) >= 11 is 1.77. The number of rotatable bonds is 8. The van der Waals surface area contributed by atoms with Gasteiger partial charge >= 0.3 is 0 Å². The van der Waals surface area contributed by atoms with Crippen LogP contribution in [0.5, 0.6) is 0 Å². The van der Waals surface area contributed by atoms with Crippen LogP contribution in [-0.2, 0) is 12.0 Å². The fourth-order valence-electron chi connectivity index (χ4n) is 1.92. The van der Waals surface area contributed by atoms with E-state index in [0.29, 0.717) is 0 Å². The van der Waals surface area contributed by atoms with Crippen molar-refractivity contribution in [3.05, 3.63) is 16.1 Å². The van der Waals surface area contributed by atoms with E-state index in [1.807, 2.05) is 0 Å². The number of nitrogens with one attached hydrogen (secondary N) is 1. The van der Waals surface area contributed by atoms with Gasteiger partial charge in [0.2, 0.25) is 0 Å². The Morgan fingerprint density at radius 2 is 1.95 bits per heavy atom. The minimum absolute atomic E-state index is 0.172. The Labute approximate surface area is 122 Å². The molecule has 0 amide bonds. The summed E-state index contributed by atoms with van der Waals surface area (Å²) in [5, 5.41) is 6.90. The first-order chi connectivity index (χ1) is 8.97. The zero-order valence-corrected chi connectivity index (χ0v) is 13.9. The Morgan fingerprint density at radius 1 is 1.26 bits per heavy atom. The second-order valence-electron chi connectivity index (χ2n) is 5.95. The summed E-state index contributed by atoms with van der Waals surface area (Å²) in [7, 11) is 0. The van der Waals surface area contributed by atoms with Crippen molar-refractivity contribution in [2.75, 3.05) is 26.2 Å². The molecule has 0 aliphatic heterocycles. The number of thiazole rings is 1. The molecule has 0 saturated heterocycles. The Kier molecular flexibility index (Phi) is 6.97. The van der Waals surface area contributed by atoms with E-state index in [1.54, 1.807) is 11.3 Å². The molecule has 0 spiro atoms. The van der Waals surface area contributed by atoms with Gasteiger partial charge in [0.25, 0.3) is 0 Å². The number of nitrogens with zero attached hydrogens (tertiary/aromatic N) is 2. The Morgan fingerprint density at radius 3 is 2.47 bits per heavy atom. The first-order valence-electron chi connectivity index (χ1n) is 7.35. The molecule has 1 rings (SSSR count). The van der Waals surface area contributed by atoms with Crippen LogP contribution in [0.1, 0.15) is 51.7 Å². The van der Waals surface area contributed by atoms with Crippen molar-refractivity contribution in [3.63, 3.8) is 0 Å². The predicted octanol–water partition coefficient (Wildman–Crippen LogP) is 3.26. The summed E-state index contributed by atoms with van der Waals surface area (Å²) in [6.45, 7) is 16.5. The molecule has 4 heteroatoms. The molecule has 0 radical (unpaired) electrons. The highest BCUT2D eigenvalue weighted by molar-refractivity contribution is 7.09. The van der Waals surface area contributed by atoms with E-state index in [1.165, 1.54) is 23.7 Å². The van der Waals surface area contributed by atoms with Crippen LogP contribution in [0.3, 0.4) is 0 Å². The molecular weight excluding hydrogens is 254 g/mol. The molecule has 0 aliphatic rings. The molecule has 1 aromatic rings. The van der Waals surface area contributed by atoms with Crippen molar-refractivity contribution in [1.29, 1.82) is 0 Å². The summed E-state index contributed by atoms with van der Waals surface area (Å²) in [6.07, 6.45) is 1.21. The van der Waals surface area contributed by atoms with E-state index >= 15 is 0 Å². The summed E-state index contributed by atoms with van der Waals surface area (Å²) in [6, 6.07) is 0. The lowest BCUT2D eigenvalue weighted by Gasteiger charge is -2.17. The van der Waals surface area contributed by atoms with E-state index in [0.717, 1.165) is 26.2 Å². The standard InChI is InChI=1S/C15H29N3S/c1-6-18(7-2)10-8-9-16-11-13-12-19-14(17-13)15(3,4)5/h12,16H,6-11H2,1-5H3. The topological polar surface area (TPSA) is 28.2 Å². The maximum absolute atomic E-state index is 4.69. The van der Waals surface area contributed by atoms with Crippen molar-refractivity contribution in [2.24, 2.45) is 0 Å². The highest BCUT2D eigenvalue weighted by Gasteiger charge is 2.17. The van der Waals surface area contributed by atoms with Gasteiger partial charge in [-0.15, -0.1) is 11.3 Å². The van der Waals surface area contributed by atoms with Crippen LogP contribution in [0.2, 0.25) is 0 Å². The van der Waals surface area contributed by atoms with Crippen LogP contribution in [0.4, 0.5) is 0 Å². The average Bonchev–Trinajstić information content (AvgIpc) is 2.82. The first kappa shape index (κ1) is 16.6. The van der Waals surface area contributed by atoms with Gasteiger partial charge in [-0.25, -0.2) is 4.98 Å². The van der Waals surface area contributed by atoms with E-state index in [4.69, 9.17) is 4.98 Å². The highest BCUT2D eigenvalue weighted by atomic mass is 32.1. The van der Waals surface area contributed by atoms with E-state index in [2.05, 4.69) is 50.2 Å². The van der Waals surface area contributed by atoms with Crippen LogP contribution in [0, 0.1) is 0 Å². The van der Waals surface area contributed by atoms with E-state index in [-0.39, 0.29) is 5.41 Å². The average molecular weight is 283 g/mol. The van der Waals surface area contributed by atoms with Gasteiger partial charge in [-0.05, 0) is 32.6 Å². The molecule has 0 aliphatic carbocycles. The van der Waals surface area contributed by atoms with E-state index in [9.17, 15) is 0 Å². The maximum Gasteiger partial charge on any atom is 0.0982 e. The molecule has 0 bridgehead atoms. The van der Waals surface area contributed by atoms with Crippen LogP contribution >= 0.6 is 11.3 Å². The third kappa shape index (κ3) is 6.02. The molecule has 0 atom stereocenters. The van der Waals surface area contributed by atoms with Gasteiger partial charge in [0.1, 0.15) is 0 Å². The van der Waals surface area contributed by atoms with E-state index < -0.39 is 0 Å². The van der Waals surface area contributed by atoms with Crippen molar-refractivity contribution in [3.8, 4) is 0 Å². The zero-order chi connectivity index (χ0) is 14.3. The normalized spacial score (nSPS) is 12.3. The Hall–Kier alpha value is -0.450. The van der Waals surface area contributed by atoms with Gasteiger partial charge in [0, 0.05) is 17.3 Å². The second-order valence-corrected chi connectivity index (χ2v) is 6.81. The SMILES string of the molecule is CCN(CC)CCCNCc1csc(C(C)(C)C)n1. The summed E-state index contributed by atoms with van der Waals surface area (Å²) in [5.41, 5.74) is 1.35. The number of aromatic nitrogens is 1. The molecule has 19 heavy (non-hydrogen) atoms.